The van der Waals surface area contributed by atoms with Crippen LogP contribution in [-0.4, -0.2) is 15.2 Å². The molecule has 0 spiro atoms. The van der Waals surface area contributed by atoms with Gasteiger partial charge in [0.05, 0.1) is 0 Å². The van der Waals surface area contributed by atoms with Gasteiger partial charge in [-0.15, -0.1) is 0 Å². The third kappa shape index (κ3) is 2.45. The summed E-state index contributed by atoms with van der Waals surface area (Å²) in [6.07, 6.45) is 0.421. The van der Waals surface area contributed by atoms with Gasteiger partial charge in [-0.1, -0.05) is 27.2 Å². The van der Waals surface area contributed by atoms with E-state index >= 15 is 0 Å². The summed E-state index contributed by atoms with van der Waals surface area (Å²) in [5, 5.41) is 12.4. The highest BCUT2D eigenvalue weighted by Gasteiger charge is 2.08. The maximum atomic E-state index is 12.8. The van der Waals surface area contributed by atoms with Crippen molar-refractivity contribution in [1.29, 1.82) is 0 Å². The quantitative estimate of drug-likeness (QED) is 0.938. The van der Waals surface area contributed by atoms with Gasteiger partial charge in [0.1, 0.15) is 12.4 Å². The van der Waals surface area contributed by atoms with Crippen LogP contribution in [0, 0.1) is 5.82 Å². The lowest BCUT2D eigenvalue weighted by molar-refractivity contribution is 0.222. The first-order chi connectivity index (χ1) is 7.69. The Morgan fingerprint density at radius 2 is 2.25 bits per heavy atom. The molecule has 1 heterocycles. The van der Waals surface area contributed by atoms with E-state index in [1.165, 1.54) is 12.1 Å². The van der Waals surface area contributed by atoms with Gasteiger partial charge in [0.2, 0.25) is 0 Å². The second-order valence-corrected chi connectivity index (χ2v) is 4.03. The second-order valence-electron chi connectivity index (χ2n) is 3.17. The van der Waals surface area contributed by atoms with Crippen molar-refractivity contribution in [3.63, 3.8) is 0 Å². The fourth-order valence-corrected chi connectivity index (χ4v) is 1.75. The summed E-state index contributed by atoms with van der Waals surface area (Å²) in [6.45, 7) is -0.280. The van der Waals surface area contributed by atoms with Crippen LogP contribution in [0.5, 0.6) is 0 Å². The first-order valence-electron chi connectivity index (χ1n) is 4.55. The molecule has 0 aliphatic heterocycles. The van der Waals surface area contributed by atoms with Gasteiger partial charge in [-0.2, -0.15) is 4.98 Å². The van der Waals surface area contributed by atoms with E-state index in [1.807, 2.05) is 0 Å². The highest BCUT2D eigenvalue weighted by atomic mass is 79.9. The molecule has 0 atom stereocenters. The summed E-state index contributed by atoms with van der Waals surface area (Å²) >= 11 is 3.25. The molecule has 4 nitrogen and oxygen atoms in total. The molecule has 1 N–H and O–H groups in total. The van der Waals surface area contributed by atoms with E-state index in [0.717, 1.165) is 5.56 Å². The van der Waals surface area contributed by atoms with E-state index in [-0.39, 0.29) is 18.3 Å². The predicted molar refractivity (Wildman–Crippen MR) is 57.1 cm³/mol. The van der Waals surface area contributed by atoms with Gasteiger partial charge in [0.15, 0.2) is 5.82 Å². The van der Waals surface area contributed by atoms with Crippen LogP contribution in [0.1, 0.15) is 17.3 Å². The van der Waals surface area contributed by atoms with Crippen molar-refractivity contribution in [3.05, 3.63) is 45.8 Å². The van der Waals surface area contributed by atoms with Crippen molar-refractivity contribution in [2.75, 3.05) is 0 Å². The first kappa shape index (κ1) is 11.2. The van der Waals surface area contributed by atoms with E-state index in [4.69, 9.17) is 9.63 Å². The minimum absolute atomic E-state index is 0.174. The molecule has 0 radical (unpaired) electrons. The summed E-state index contributed by atoms with van der Waals surface area (Å²) < 4.78 is 18.2. The maximum Gasteiger partial charge on any atom is 0.252 e. The highest BCUT2D eigenvalue weighted by Crippen LogP contribution is 2.20. The van der Waals surface area contributed by atoms with E-state index < -0.39 is 0 Å². The molecule has 2 rings (SSSR count). The summed E-state index contributed by atoms with van der Waals surface area (Å²) in [5.41, 5.74) is 0.853. The number of aliphatic hydroxyl groups excluding tert-OH is 1. The molecule has 0 saturated carbocycles. The smallest absolute Gasteiger partial charge is 0.252 e. The number of hydrogen-bond acceptors (Lipinski definition) is 4. The van der Waals surface area contributed by atoms with E-state index in [1.54, 1.807) is 6.07 Å². The van der Waals surface area contributed by atoms with Gasteiger partial charge in [-0.3, -0.25) is 0 Å². The molecular weight excluding hydrogens is 279 g/mol. The summed E-state index contributed by atoms with van der Waals surface area (Å²) in [5.74, 6) is 0.323. The molecule has 0 fully saturated rings. The maximum absolute atomic E-state index is 12.8. The standard InChI is InChI=1S/C10H8BrFN2O2/c11-8-4-7(12)2-1-6(8)3-9-13-10(5-15)16-14-9/h1-2,4,15H,3,5H2. The zero-order valence-corrected chi connectivity index (χ0v) is 9.74. The average molecular weight is 287 g/mol. The number of aliphatic hydroxyl groups is 1. The van der Waals surface area contributed by atoms with Crippen molar-refractivity contribution in [3.8, 4) is 0 Å². The Bertz CT molecular complexity index is 501. The number of benzene rings is 1. The molecule has 84 valence electrons. The Labute approximate surface area is 99.2 Å². The number of hydrogen-bond donors (Lipinski definition) is 1. The lowest BCUT2D eigenvalue weighted by Crippen LogP contribution is -1.93. The molecule has 0 amide bonds. The summed E-state index contributed by atoms with van der Waals surface area (Å²) in [6, 6.07) is 4.39. The van der Waals surface area contributed by atoms with Crippen molar-refractivity contribution in [2.24, 2.45) is 0 Å². The van der Waals surface area contributed by atoms with Crippen molar-refractivity contribution in [1.82, 2.24) is 10.1 Å². The minimum atomic E-state index is -0.306. The van der Waals surface area contributed by atoms with Crippen LogP contribution >= 0.6 is 15.9 Å². The van der Waals surface area contributed by atoms with Crippen LogP contribution in [-0.2, 0) is 13.0 Å². The summed E-state index contributed by atoms with van der Waals surface area (Å²) in [4.78, 5) is 3.95. The number of rotatable bonds is 3. The molecule has 2 aromatic rings. The van der Waals surface area contributed by atoms with Gasteiger partial charge in [-0.25, -0.2) is 4.39 Å². The molecule has 6 heteroatoms. The Balaban J connectivity index is 2.20. The molecule has 1 aromatic carbocycles. The van der Waals surface area contributed by atoms with Crippen LogP contribution < -0.4 is 0 Å². The molecule has 0 bridgehead atoms. The van der Waals surface area contributed by atoms with Gasteiger partial charge in [0, 0.05) is 10.9 Å². The van der Waals surface area contributed by atoms with E-state index in [9.17, 15) is 4.39 Å². The van der Waals surface area contributed by atoms with Crippen LogP contribution in [0.25, 0.3) is 0 Å². The highest BCUT2D eigenvalue weighted by molar-refractivity contribution is 9.10. The molecule has 16 heavy (non-hydrogen) atoms. The normalized spacial score (nSPS) is 10.7. The van der Waals surface area contributed by atoms with Crippen molar-refractivity contribution in [2.45, 2.75) is 13.0 Å². The Morgan fingerprint density at radius 1 is 1.44 bits per heavy atom. The number of aromatic nitrogens is 2. The number of halogens is 2. The SMILES string of the molecule is OCc1nc(Cc2ccc(F)cc2Br)no1. The lowest BCUT2D eigenvalue weighted by atomic mass is 10.1. The molecule has 0 aliphatic rings. The Morgan fingerprint density at radius 3 is 2.88 bits per heavy atom. The average Bonchev–Trinajstić information content (AvgIpc) is 2.70. The van der Waals surface area contributed by atoms with Crippen LogP contribution in [0.4, 0.5) is 4.39 Å². The predicted octanol–water partition coefficient (Wildman–Crippen LogP) is 2.05. The van der Waals surface area contributed by atoms with Crippen molar-refractivity contribution < 1.29 is 14.0 Å². The van der Waals surface area contributed by atoms with Crippen LogP contribution in [0.2, 0.25) is 0 Å². The Hall–Kier alpha value is -1.27. The number of nitrogens with zero attached hydrogens (tertiary/aromatic N) is 2. The van der Waals surface area contributed by atoms with Crippen LogP contribution in [0.15, 0.2) is 27.2 Å². The fourth-order valence-electron chi connectivity index (χ4n) is 1.26. The molecule has 0 saturated heterocycles. The fraction of sp³-hybridized carbons (Fsp3) is 0.200. The van der Waals surface area contributed by atoms with Gasteiger partial charge >= 0.3 is 0 Å². The third-order valence-corrected chi connectivity index (χ3v) is 2.75. The topological polar surface area (TPSA) is 59.2 Å². The van der Waals surface area contributed by atoms with E-state index in [2.05, 4.69) is 26.1 Å². The van der Waals surface area contributed by atoms with Crippen LogP contribution in [0.3, 0.4) is 0 Å². The van der Waals surface area contributed by atoms with Gasteiger partial charge < -0.3 is 9.63 Å². The minimum Gasteiger partial charge on any atom is -0.387 e. The first-order valence-corrected chi connectivity index (χ1v) is 5.34. The van der Waals surface area contributed by atoms with Gasteiger partial charge in [0.25, 0.3) is 5.89 Å². The van der Waals surface area contributed by atoms with Gasteiger partial charge in [-0.05, 0) is 17.7 Å². The summed E-state index contributed by atoms with van der Waals surface area (Å²) in [7, 11) is 0. The zero-order chi connectivity index (χ0) is 11.5. The lowest BCUT2D eigenvalue weighted by Gasteiger charge is -2.00. The third-order valence-electron chi connectivity index (χ3n) is 2.01. The molecule has 0 aliphatic carbocycles. The van der Waals surface area contributed by atoms with Crippen molar-refractivity contribution >= 4 is 15.9 Å². The second kappa shape index (κ2) is 4.71. The Kier molecular flexibility index (Phi) is 3.31. The zero-order valence-electron chi connectivity index (χ0n) is 8.15. The molecular formula is C10H8BrFN2O2. The largest absolute Gasteiger partial charge is 0.387 e. The molecule has 1 aromatic heterocycles. The molecule has 0 unspecified atom stereocenters. The van der Waals surface area contributed by atoms with E-state index in [0.29, 0.717) is 16.7 Å². The monoisotopic (exact) mass is 286 g/mol.